The molecule has 1 unspecified atom stereocenters. The predicted molar refractivity (Wildman–Crippen MR) is 59.0 cm³/mol. The van der Waals surface area contributed by atoms with E-state index in [9.17, 15) is 9.90 Å². The molecule has 1 aliphatic carbocycles. The maximum atomic E-state index is 11.4. The predicted octanol–water partition coefficient (Wildman–Crippen LogP) is -0.604. The molecule has 1 heterocycles. The van der Waals surface area contributed by atoms with Crippen molar-refractivity contribution in [1.82, 2.24) is 10.6 Å². The summed E-state index contributed by atoms with van der Waals surface area (Å²) in [5.41, 5.74) is -0.848. The summed E-state index contributed by atoms with van der Waals surface area (Å²) >= 11 is 0. The molecule has 1 saturated heterocycles. The minimum absolute atomic E-state index is 0.00604. The fourth-order valence-corrected chi connectivity index (χ4v) is 1.76. The van der Waals surface area contributed by atoms with Crippen molar-refractivity contribution < 1.29 is 14.6 Å². The highest BCUT2D eigenvalue weighted by atomic mass is 16.5. The normalized spacial score (nSPS) is 29.3. The minimum atomic E-state index is -0.848. The van der Waals surface area contributed by atoms with Crippen molar-refractivity contribution in [1.29, 1.82) is 0 Å². The van der Waals surface area contributed by atoms with Gasteiger partial charge in [0.25, 0.3) is 0 Å². The molecule has 16 heavy (non-hydrogen) atoms. The van der Waals surface area contributed by atoms with Gasteiger partial charge in [-0.3, -0.25) is 4.79 Å². The molecule has 1 atom stereocenters. The van der Waals surface area contributed by atoms with Gasteiger partial charge in [0.1, 0.15) is 5.60 Å². The Hall–Kier alpha value is -0.650. The molecule has 0 radical (unpaired) electrons. The number of carbonyl (C=O) groups is 1. The molecule has 5 heteroatoms. The lowest BCUT2D eigenvalue weighted by molar-refractivity contribution is -0.122. The number of hydrogen-bond acceptors (Lipinski definition) is 4. The van der Waals surface area contributed by atoms with Crippen LogP contribution in [0.1, 0.15) is 25.7 Å². The molecule has 0 bridgehead atoms. The van der Waals surface area contributed by atoms with Crippen molar-refractivity contribution in [3.05, 3.63) is 0 Å². The van der Waals surface area contributed by atoms with Gasteiger partial charge < -0.3 is 20.5 Å². The van der Waals surface area contributed by atoms with E-state index < -0.39 is 5.60 Å². The zero-order valence-corrected chi connectivity index (χ0v) is 9.50. The van der Waals surface area contributed by atoms with Gasteiger partial charge in [0.05, 0.1) is 6.61 Å². The lowest BCUT2D eigenvalue weighted by Crippen LogP contribution is -2.43. The van der Waals surface area contributed by atoms with E-state index in [0.717, 1.165) is 6.54 Å². The van der Waals surface area contributed by atoms with Crippen LogP contribution in [0.3, 0.4) is 0 Å². The molecule has 5 nitrogen and oxygen atoms in total. The molecule has 3 N–H and O–H groups in total. The fourth-order valence-electron chi connectivity index (χ4n) is 1.76. The van der Waals surface area contributed by atoms with Gasteiger partial charge in [-0.05, 0) is 12.8 Å². The van der Waals surface area contributed by atoms with E-state index in [-0.39, 0.29) is 5.91 Å². The van der Waals surface area contributed by atoms with Gasteiger partial charge in [-0.1, -0.05) is 0 Å². The summed E-state index contributed by atoms with van der Waals surface area (Å²) in [6.45, 7) is 1.93. The third-order valence-electron chi connectivity index (χ3n) is 3.06. The number of aliphatic hydroxyl groups is 1. The molecule has 1 amide bonds. The summed E-state index contributed by atoms with van der Waals surface area (Å²) in [5.74, 6) is -0.00604. The highest BCUT2D eigenvalue weighted by Crippen LogP contribution is 2.18. The third kappa shape index (κ3) is 3.73. The molecule has 2 rings (SSSR count). The molecule has 1 aliphatic heterocycles. The van der Waals surface area contributed by atoms with Gasteiger partial charge in [0, 0.05) is 38.6 Å². The highest BCUT2D eigenvalue weighted by Gasteiger charge is 2.32. The summed E-state index contributed by atoms with van der Waals surface area (Å²) in [4.78, 5) is 11.4. The summed E-state index contributed by atoms with van der Waals surface area (Å²) in [5, 5.41) is 15.9. The second-order valence-corrected chi connectivity index (χ2v) is 4.78. The van der Waals surface area contributed by atoms with Crippen LogP contribution in [0.15, 0.2) is 0 Å². The molecule has 92 valence electrons. The Morgan fingerprint density at radius 1 is 1.50 bits per heavy atom. The Balaban J connectivity index is 1.55. The molecule has 2 fully saturated rings. The first-order valence-electron chi connectivity index (χ1n) is 5.98. The quantitative estimate of drug-likeness (QED) is 0.567. The highest BCUT2D eigenvalue weighted by molar-refractivity contribution is 5.76. The number of amides is 1. The van der Waals surface area contributed by atoms with Crippen molar-refractivity contribution in [3.63, 3.8) is 0 Å². The van der Waals surface area contributed by atoms with E-state index in [1.165, 1.54) is 12.8 Å². The Labute approximate surface area is 95.5 Å². The Morgan fingerprint density at radius 2 is 2.31 bits per heavy atom. The van der Waals surface area contributed by atoms with Crippen LogP contribution in [-0.4, -0.2) is 49.0 Å². The number of ether oxygens (including phenoxy) is 1. The fraction of sp³-hybridized carbons (Fsp3) is 0.909. The Bertz CT molecular complexity index is 248. The number of nitrogens with one attached hydrogen (secondary N) is 2. The largest absolute Gasteiger partial charge is 0.386 e. The van der Waals surface area contributed by atoms with E-state index in [1.807, 2.05) is 0 Å². The maximum Gasteiger partial charge on any atom is 0.221 e. The Kier molecular flexibility index (Phi) is 3.78. The summed E-state index contributed by atoms with van der Waals surface area (Å²) in [6.07, 6.45) is 3.55. The van der Waals surface area contributed by atoms with Crippen molar-refractivity contribution in [2.75, 3.05) is 26.3 Å². The van der Waals surface area contributed by atoms with Gasteiger partial charge in [0.15, 0.2) is 0 Å². The summed E-state index contributed by atoms with van der Waals surface area (Å²) in [7, 11) is 0. The molecular formula is C11H20N2O3. The molecule has 0 aromatic heterocycles. The zero-order valence-electron chi connectivity index (χ0n) is 9.50. The van der Waals surface area contributed by atoms with E-state index in [0.29, 0.717) is 38.6 Å². The van der Waals surface area contributed by atoms with E-state index in [2.05, 4.69) is 10.6 Å². The van der Waals surface area contributed by atoms with Gasteiger partial charge in [-0.15, -0.1) is 0 Å². The lowest BCUT2D eigenvalue weighted by Gasteiger charge is -2.20. The first-order valence-corrected chi connectivity index (χ1v) is 5.98. The maximum absolute atomic E-state index is 11.4. The van der Waals surface area contributed by atoms with Crippen LogP contribution >= 0.6 is 0 Å². The van der Waals surface area contributed by atoms with Crippen molar-refractivity contribution in [2.24, 2.45) is 0 Å². The summed E-state index contributed by atoms with van der Waals surface area (Å²) in [6, 6.07) is 0.639. The lowest BCUT2D eigenvalue weighted by atomic mass is 10.0. The van der Waals surface area contributed by atoms with Gasteiger partial charge in [0.2, 0.25) is 5.91 Å². The van der Waals surface area contributed by atoms with Gasteiger partial charge in [-0.25, -0.2) is 0 Å². The van der Waals surface area contributed by atoms with Crippen LogP contribution in [-0.2, 0) is 9.53 Å². The van der Waals surface area contributed by atoms with Crippen LogP contribution in [0.2, 0.25) is 0 Å². The molecule has 1 saturated carbocycles. The van der Waals surface area contributed by atoms with Crippen LogP contribution < -0.4 is 10.6 Å². The standard InChI is InChI=1S/C11H20N2O3/c14-10(3-5-12-9-1-2-9)13-7-11(15)4-6-16-8-11/h9,12,15H,1-8H2,(H,13,14). The van der Waals surface area contributed by atoms with Crippen molar-refractivity contribution in [3.8, 4) is 0 Å². The van der Waals surface area contributed by atoms with Crippen molar-refractivity contribution in [2.45, 2.75) is 37.3 Å². The SMILES string of the molecule is O=C(CCNC1CC1)NCC1(O)CCOC1. The monoisotopic (exact) mass is 228 g/mol. The van der Waals surface area contributed by atoms with E-state index in [4.69, 9.17) is 4.74 Å². The van der Waals surface area contributed by atoms with Crippen LogP contribution in [0.4, 0.5) is 0 Å². The first kappa shape index (κ1) is 11.8. The number of rotatable bonds is 6. The average molecular weight is 228 g/mol. The average Bonchev–Trinajstić information content (AvgIpc) is 2.98. The smallest absolute Gasteiger partial charge is 0.221 e. The van der Waals surface area contributed by atoms with E-state index >= 15 is 0 Å². The zero-order chi connectivity index (χ0) is 11.4. The van der Waals surface area contributed by atoms with Crippen LogP contribution in [0, 0.1) is 0 Å². The number of carbonyl (C=O) groups excluding carboxylic acids is 1. The topological polar surface area (TPSA) is 70.6 Å². The van der Waals surface area contributed by atoms with Crippen molar-refractivity contribution >= 4 is 5.91 Å². The summed E-state index contributed by atoms with van der Waals surface area (Å²) < 4.78 is 5.10. The van der Waals surface area contributed by atoms with Gasteiger partial charge >= 0.3 is 0 Å². The van der Waals surface area contributed by atoms with Crippen LogP contribution in [0.5, 0.6) is 0 Å². The molecule has 0 aromatic carbocycles. The van der Waals surface area contributed by atoms with Crippen LogP contribution in [0.25, 0.3) is 0 Å². The first-order chi connectivity index (χ1) is 7.68. The third-order valence-corrected chi connectivity index (χ3v) is 3.06. The second-order valence-electron chi connectivity index (χ2n) is 4.78. The minimum Gasteiger partial charge on any atom is -0.386 e. The molecule has 0 aromatic rings. The molecule has 0 spiro atoms. The molecular weight excluding hydrogens is 208 g/mol. The van der Waals surface area contributed by atoms with E-state index in [1.54, 1.807) is 0 Å². The van der Waals surface area contributed by atoms with Gasteiger partial charge in [-0.2, -0.15) is 0 Å². The number of hydrogen-bond donors (Lipinski definition) is 3. The Morgan fingerprint density at radius 3 is 2.94 bits per heavy atom. The molecule has 2 aliphatic rings. The second kappa shape index (κ2) is 5.12.